The molecular formula is C41H30Cl2Zr. The molecule has 2 atom stereocenters. The Balaban J connectivity index is 0.00000156. The average Bonchev–Trinajstić information content (AvgIpc) is 3.47. The first-order valence-electron chi connectivity index (χ1n) is 15.1. The van der Waals surface area contributed by atoms with Gasteiger partial charge in [-0.3, -0.25) is 0 Å². The standard InChI is InChI=1S/C41H30.2ClH.Zr/c1-26-23-30-15-7-17-32(40(30)38(26)36-21-9-13-28-11-3-5-19-34(28)36)25-33-18-8-16-31-24-27(2)39(41(31)33)37-22-10-14-29-12-4-6-20-35(29)37;;;/h3-24H,25H2,1-2H3;2*1H;/q;;;+2/p-2. The molecule has 212 valence electrons. The zero-order valence-electron chi connectivity index (χ0n) is 24.7. The number of allylic oxidation sites excluding steroid dienone is 2. The topological polar surface area (TPSA) is 0 Å². The molecule has 0 N–H and O–H groups in total. The largest absolute Gasteiger partial charge is 1.00 e. The van der Waals surface area contributed by atoms with Crippen molar-refractivity contribution in [3.05, 3.63) is 177 Å². The van der Waals surface area contributed by atoms with E-state index in [4.69, 9.17) is 0 Å². The van der Waals surface area contributed by atoms with Crippen LogP contribution in [0.1, 0.15) is 65.6 Å². The Morgan fingerprint density at radius 2 is 0.886 bits per heavy atom. The number of rotatable bonds is 2. The molecule has 44 heavy (non-hydrogen) atoms. The molecule has 0 nitrogen and oxygen atoms in total. The molecule has 0 saturated carbocycles. The molecule has 6 aromatic carbocycles. The van der Waals surface area contributed by atoms with Gasteiger partial charge in [-0.25, -0.2) is 0 Å². The second-order valence-electron chi connectivity index (χ2n) is 12.1. The molecule has 0 saturated heterocycles. The van der Waals surface area contributed by atoms with Crippen molar-refractivity contribution in [3.8, 4) is 0 Å². The summed E-state index contributed by atoms with van der Waals surface area (Å²) in [4.78, 5) is 0. The van der Waals surface area contributed by atoms with E-state index in [0.717, 1.165) is 6.42 Å². The minimum absolute atomic E-state index is 0. The van der Waals surface area contributed by atoms with Gasteiger partial charge in [-0.05, 0) is 0 Å². The first-order chi connectivity index (χ1) is 20.7. The normalized spacial score (nSPS) is 17.6. The molecule has 6 aromatic rings. The van der Waals surface area contributed by atoms with Crippen LogP contribution < -0.4 is 24.8 Å². The third kappa shape index (κ3) is 4.20. The molecule has 0 radical (unpaired) electrons. The van der Waals surface area contributed by atoms with Gasteiger partial charge in [0.2, 0.25) is 0 Å². The van der Waals surface area contributed by atoms with Crippen LogP contribution >= 0.6 is 0 Å². The summed E-state index contributed by atoms with van der Waals surface area (Å²) in [5.41, 5.74) is 18.2. The fourth-order valence-electron chi connectivity index (χ4n) is 8.16. The third-order valence-electron chi connectivity index (χ3n) is 9.97. The SMILES string of the molecule is CC1=C(c2cccc3ccccc23)c2c3cccc2[CH]1[Zr+2][CH]1C(C)=C(c2cccc4ccccc24)c2c(cccc21)C3.[Cl-].[Cl-]. The summed E-state index contributed by atoms with van der Waals surface area (Å²) in [5.74, 6) is 0. The monoisotopic (exact) mass is 682 g/mol. The summed E-state index contributed by atoms with van der Waals surface area (Å²) < 4.78 is 1.14. The van der Waals surface area contributed by atoms with Crippen molar-refractivity contribution in [2.45, 2.75) is 27.5 Å². The van der Waals surface area contributed by atoms with Gasteiger partial charge in [0.25, 0.3) is 0 Å². The van der Waals surface area contributed by atoms with Gasteiger partial charge in [0.15, 0.2) is 0 Å². The molecule has 0 aromatic heterocycles. The Labute approximate surface area is 283 Å². The predicted octanol–water partition coefficient (Wildman–Crippen LogP) is 4.44. The smallest absolute Gasteiger partial charge is 1.00 e. The van der Waals surface area contributed by atoms with Gasteiger partial charge in [-0.1, -0.05) is 0 Å². The van der Waals surface area contributed by atoms with Crippen molar-refractivity contribution in [1.82, 2.24) is 0 Å². The van der Waals surface area contributed by atoms with Gasteiger partial charge in [-0.15, -0.1) is 0 Å². The zero-order valence-corrected chi connectivity index (χ0v) is 28.6. The molecule has 0 spiro atoms. The number of hydrogen-bond donors (Lipinski definition) is 0. The van der Waals surface area contributed by atoms with E-state index >= 15 is 0 Å². The van der Waals surface area contributed by atoms with Crippen molar-refractivity contribution < 1.29 is 48.0 Å². The second kappa shape index (κ2) is 11.3. The second-order valence-corrected chi connectivity index (χ2v) is 15.8. The summed E-state index contributed by atoms with van der Waals surface area (Å²) in [7, 11) is 0. The van der Waals surface area contributed by atoms with E-state index in [-0.39, 0.29) is 24.8 Å². The predicted molar refractivity (Wildman–Crippen MR) is 172 cm³/mol. The molecule has 0 amide bonds. The van der Waals surface area contributed by atoms with Crippen molar-refractivity contribution in [1.29, 1.82) is 0 Å². The first-order valence-corrected chi connectivity index (χ1v) is 17.9. The van der Waals surface area contributed by atoms with Crippen LogP contribution in [-0.4, -0.2) is 0 Å². The molecule has 0 fully saturated rings. The number of fused-ring (bicyclic) bond motifs is 2. The molecule has 1 heterocycles. The maximum absolute atomic E-state index is 2.46. The van der Waals surface area contributed by atoms with Crippen LogP contribution in [-0.2, 0) is 29.7 Å². The molecule has 3 heteroatoms. The number of hydrogen-bond acceptors (Lipinski definition) is 0. The minimum atomic E-state index is -1.02. The minimum Gasteiger partial charge on any atom is -1.00 e. The fraction of sp³-hybridized carbons (Fsp3) is 0.122. The molecule has 3 aliphatic rings. The van der Waals surface area contributed by atoms with Crippen LogP contribution in [0.5, 0.6) is 0 Å². The van der Waals surface area contributed by atoms with Crippen LogP contribution in [0.25, 0.3) is 32.7 Å². The maximum Gasteiger partial charge on any atom is -1.00 e. The van der Waals surface area contributed by atoms with Gasteiger partial charge in [0, 0.05) is 0 Å². The molecule has 9 rings (SSSR count). The van der Waals surface area contributed by atoms with Crippen LogP contribution in [0.3, 0.4) is 0 Å². The Bertz CT molecular complexity index is 2020. The number of halogens is 2. The Hall–Kier alpha value is -3.22. The van der Waals surface area contributed by atoms with Crippen LogP contribution in [0.15, 0.2) is 132 Å². The summed E-state index contributed by atoms with van der Waals surface area (Å²) in [6.07, 6.45) is 0.958. The fourth-order valence-corrected chi connectivity index (χ4v) is 13.0. The van der Waals surface area contributed by atoms with E-state index in [0.29, 0.717) is 7.25 Å². The van der Waals surface area contributed by atoms with Crippen molar-refractivity contribution in [2.75, 3.05) is 0 Å². The summed E-state index contributed by atoms with van der Waals surface area (Å²) in [6, 6.07) is 46.0. The third-order valence-corrected chi connectivity index (χ3v) is 15.3. The quantitative estimate of drug-likeness (QED) is 0.253. The average molecular weight is 685 g/mol. The van der Waals surface area contributed by atoms with Gasteiger partial charge >= 0.3 is 260 Å². The van der Waals surface area contributed by atoms with Crippen LogP contribution in [0.2, 0.25) is 0 Å². The van der Waals surface area contributed by atoms with Gasteiger partial charge in [-0.2, -0.15) is 0 Å². The maximum atomic E-state index is 2.46. The van der Waals surface area contributed by atoms with E-state index in [1.807, 2.05) is 0 Å². The Morgan fingerprint density at radius 1 is 0.477 bits per heavy atom. The van der Waals surface area contributed by atoms with Crippen molar-refractivity contribution in [3.63, 3.8) is 0 Å². The molecule has 2 unspecified atom stereocenters. The van der Waals surface area contributed by atoms with Crippen molar-refractivity contribution in [2.24, 2.45) is 0 Å². The zero-order chi connectivity index (χ0) is 27.9. The molecular weight excluding hydrogens is 655 g/mol. The summed E-state index contributed by atoms with van der Waals surface area (Å²) in [5, 5.41) is 5.40. The first kappa shape index (κ1) is 29.5. The van der Waals surface area contributed by atoms with Gasteiger partial charge < -0.3 is 24.8 Å². The van der Waals surface area contributed by atoms with Crippen LogP contribution in [0.4, 0.5) is 0 Å². The number of benzene rings is 6. The van der Waals surface area contributed by atoms with E-state index < -0.39 is 23.2 Å². The van der Waals surface area contributed by atoms with E-state index in [1.165, 1.54) is 66.1 Å². The molecule has 2 aliphatic carbocycles. The molecule has 1 aliphatic heterocycles. The summed E-state index contributed by atoms with van der Waals surface area (Å²) in [6.45, 7) is 4.92. The Kier molecular flexibility index (Phi) is 7.57. The van der Waals surface area contributed by atoms with Gasteiger partial charge in [0.05, 0.1) is 0 Å². The van der Waals surface area contributed by atoms with Gasteiger partial charge in [0.1, 0.15) is 0 Å². The molecule has 8 bridgehead atoms. The summed E-state index contributed by atoms with van der Waals surface area (Å²) >= 11 is -1.02. The van der Waals surface area contributed by atoms with Crippen LogP contribution in [0, 0.1) is 0 Å². The van der Waals surface area contributed by atoms with Crippen molar-refractivity contribution >= 4 is 32.7 Å². The van der Waals surface area contributed by atoms with E-state index in [9.17, 15) is 0 Å². The Morgan fingerprint density at radius 3 is 1.36 bits per heavy atom. The van der Waals surface area contributed by atoms with E-state index in [1.54, 1.807) is 22.3 Å². The van der Waals surface area contributed by atoms with E-state index in [2.05, 4.69) is 135 Å².